The molecule has 0 bridgehead atoms. The van der Waals surface area contributed by atoms with Gasteiger partial charge in [0.1, 0.15) is 29.3 Å². The van der Waals surface area contributed by atoms with E-state index in [1.165, 1.54) is 6.07 Å². The number of carboxylic acids is 1. The molecule has 1 heterocycles. The number of carbonyl (C=O) groups is 2. The molecule has 1 atom stereocenters. The van der Waals surface area contributed by atoms with E-state index in [1.54, 1.807) is 49.4 Å². The number of benzene rings is 2. The fourth-order valence-electron chi connectivity index (χ4n) is 3.47. The number of phenolic OH excluding ortho intramolecular Hbond substituents is 1. The molecule has 0 saturated carbocycles. The van der Waals surface area contributed by atoms with Crippen LogP contribution in [0.1, 0.15) is 24.0 Å². The van der Waals surface area contributed by atoms with E-state index < -0.39 is 18.0 Å². The lowest BCUT2D eigenvalue weighted by Gasteiger charge is -2.17. The van der Waals surface area contributed by atoms with Crippen LogP contribution >= 0.6 is 0 Å². The number of aliphatic carboxylic acids is 1. The number of nitrogens with zero attached hydrogens (tertiary/aromatic N) is 2. The number of nitrogen functional groups attached to an aromatic ring is 1. The van der Waals surface area contributed by atoms with Gasteiger partial charge in [-0.3, -0.25) is 9.59 Å². The number of carboxylic acid groups (broad SMARTS) is 1. The van der Waals surface area contributed by atoms with Crippen LogP contribution < -0.4 is 11.1 Å². The summed E-state index contributed by atoms with van der Waals surface area (Å²) in [5, 5.41) is 41.2. The third-order valence-corrected chi connectivity index (χ3v) is 5.09. The average Bonchev–Trinajstić information content (AvgIpc) is 2.79. The number of aliphatic hydroxyl groups excluding tert-OH is 1. The van der Waals surface area contributed by atoms with Gasteiger partial charge in [-0.1, -0.05) is 24.3 Å². The molecule has 0 fully saturated rings. The maximum Gasteiger partial charge on any atom is 0.303 e. The maximum atomic E-state index is 12.2. The first kappa shape index (κ1) is 23.2. The fraction of sp³-hybridized carbons (Fsp3) is 0.167. The molecule has 9 nitrogen and oxygen atoms in total. The lowest BCUT2D eigenvalue weighted by Crippen LogP contribution is -2.28. The number of pyridine rings is 1. The number of hydrogen-bond donors (Lipinski definition) is 5. The Morgan fingerprint density at radius 2 is 1.94 bits per heavy atom. The van der Waals surface area contributed by atoms with Crippen molar-refractivity contribution in [3.8, 4) is 34.2 Å². The number of nitriles is 1. The van der Waals surface area contributed by atoms with Gasteiger partial charge >= 0.3 is 5.97 Å². The number of hydrogen-bond acceptors (Lipinski definition) is 7. The number of amides is 1. The number of nitrogens with one attached hydrogen (secondary N) is 1. The molecular formula is C24H22N4O5. The Kier molecular flexibility index (Phi) is 6.91. The number of carbonyl (C=O) groups excluding carboxylic acids is 1. The monoisotopic (exact) mass is 446 g/mol. The molecule has 0 aliphatic rings. The summed E-state index contributed by atoms with van der Waals surface area (Å²) >= 11 is 0. The lowest BCUT2D eigenvalue weighted by atomic mass is 9.92. The second-order valence-corrected chi connectivity index (χ2v) is 7.37. The summed E-state index contributed by atoms with van der Waals surface area (Å²) in [5.41, 5.74) is 9.10. The standard InChI is InChI=1S/C24H22N4O5/c1-13-21(17(12-25)23(26)28-22(13)16-7-2-3-8-18(16)29)14-5-4-6-15(11-14)27-24(33)19(30)9-10-20(31)32/h2-8,11,19,29-30H,9-10H2,1H3,(H2,26,28)(H,27,33)(H,31,32). The SMILES string of the molecule is Cc1c(-c2ccccc2O)nc(N)c(C#N)c1-c1cccc(NC(=O)C(O)CCC(=O)O)c1. The van der Waals surface area contributed by atoms with E-state index in [-0.39, 0.29) is 30.0 Å². The largest absolute Gasteiger partial charge is 0.507 e. The first-order chi connectivity index (χ1) is 15.7. The van der Waals surface area contributed by atoms with Gasteiger partial charge in [-0.25, -0.2) is 4.98 Å². The first-order valence-corrected chi connectivity index (χ1v) is 10.0. The normalized spacial score (nSPS) is 11.4. The number of para-hydroxylation sites is 1. The summed E-state index contributed by atoms with van der Waals surface area (Å²) in [7, 11) is 0. The Morgan fingerprint density at radius 1 is 1.21 bits per heavy atom. The molecule has 3 aromatic rings. The smallest absolute Gasteiger partial charge is 0.303 e. The molecular weight excluding hydrogens is 424 g/mol. The molecule has 0 spiro atoms. The quantitative estimate of drug-likeness (QED) is 0.369. The van der Waals surface area contributed by atoms with Crippen LogP contribution in [0, 0.1) is 18.3 Å². The minimum absolute atomic E-state index is 0.00474. The van der Waals surface area contributed by atoms with Crippen molar-refractivity contribution in [2.45, 2.75) is 25.9 Å². The van der Waals surface area contributed by atoms with E-state index in [0.717, 1.165) is 0 Å². The predicted molar refractivity (Wildman–Crippen MR) is 122 cm³/mol. The van der Waals surface area contributed by atoms with E-state index in [9.17, 15) is 25.1 Å². The molecule has 1 aromatic heterocycles. The number of aromatic nitrogens is 1. The van der Waals surface area contributed by atoms with Crippen molar-refractivity contribution in [1.82, 2.24) is 4.98 Å². The molecule has 1 amide bonds. The van der Waals surface area contributed by atoms with Crippen LogP contribution in [0.4, 0.5) is 11.5 Å². The van der Waals surface area contributed by atoms with Crippen molar-refractivity contribution in [3.63, 3.8) is 0 Å². The van der Waals surface area contributed by atoms with Crippen LogP contribution in [-0.2, 0) is 9.59 Å². The van der Waals surface area contributed by atoms with E-state index >= 15 is 0 Å². The summed E-state index contributed by atoms with van der Waals surface area (Å²) < 4.78 is 0. The number of anilines is 2. The summed E-state index contributed by atoms with van der Waals surface area (Å²) in [6, 6.07) is 15.3. The second-order valence-electron chi connectivity index (χ2n) is 7.37. The van der Waals surface area contributed by atoms with Crippen molar-refractivity contribution < 1.29 is 24.9 Å². The molecule has 33 heavy (non-hydrogen) atoms. The van der Waals surface area contributed by atoms with Gasteiger partial charge < -0.3 is 26.4 Å². The zero-order chi connectivity index (χ0) is 24.1. The third-order valence-electron chi connectivity index (χ3n) is 5.09. The van der Waals surface area contributed by atoms with Gasteiger partial charge in [0, 0.05) is 23.2 Å². The Labute approximate surface area is 189 Å². The fourth-order valence-corrected chi connectivity index (χ4v) is 3.47. The highest BCUT2D eigenvalue weighted by atomic mass is 16.4. The summed E-state index contributed by atoms with van der Waals surface area (Å²) in [5.74, 6) is -1.84. The number of phenols is 1. The summed E-state index contributed by atoms with van der Waals surface area (Å²) in [6.45, 7) is 1.76. The molecule has 168 valence electrons. The average molecular weight is 446 g/mol. The highest BCUT2D eigenvalue weighted by molar-refractivity contribution is 5.95. The zero-order valence-corrected chi connectivity index (χ0v) is 17.7. The van der Waals surface area contributed by atoms with Crippen LogP contribution in [0.25, 0.3) is 22.4 Å². The highest BCUT2D eigenvalue weighted by Gasteiger charge is 2.21. The van der Waals surface area contributed by atoms with Gasteiger partial charge in [0.15, 0.2) is 0 Å². The minimum Gasteiger partial charge on any atom is -0.507 e. The molecule has 0 saturated heterocycles. The second kappa shape index (κ2) is 9.80. The van der Waals surface area contributed by atoms with Gasteiger partial charge in [0.2, 0.25) is 0 Å². The molecule has 0 aliphatic carbocycles. The molecule has 3 rings (SSSR count). The van der Waals surface area contributed by atoms with Crippen molar-refractivity contribution in [2.75, 3.05) is 11.1 Å². The topological polar surface area (TPSA) is 170 Å². The van der Waals surface area contributed by atoms with Crippen LogP contribution in [0.3, 0.4) is 0 Å². The molecule has 0 aliphatic heterocycles. The van der Waals surface area contributed by atoms with Crippen molar-refractivity contribution in [3.05, 3.63) is 59.7 Å². The number of aliphatic hydroxyl groups is 1. The first-order valence-electron chi connectivity index (χ1n) is 10.0. The van der Waals surface area contributed by atoms with Gasteiger partial charge in [-0.15, -0.1) is 0 Å². The predicted octanol–water partition coefficient (Wildman–Crippen LogP) is 3.05. The maximum absolute atomic E-state index is 12.2. The Hall–Kier alpha value is -4.42. The van der Waals surface area contributed by atoms with Crippen molar-refractivity contribution in [1.29, 1.82) is 5.26 Å². The Bertz CT molecular complexity index is 1270. The van der Waals surface area contributed by atoms with E-state index in [0.29, 0.717) is 33.6 Å². The number of nitrogens with two attached hydrogens (primary N) is 1. The summed E-state index contributed by atoms with van der Waals surface area (Å²) in [4.78, 5) is 27.2. The van der Waals surface area contributed by atoms with Gasteiger partial charge in [0.25, 0.3) is 5.91 Å². The molecule has 9 heteroatoms. The van der Waals surface area contributed by atoms with Crippen LogP contribution in [0.2, 0.25) is 0 Å². The van der Waals surface area contributed by atoms with Gasteiger partial charge in [-0.05, 0) is 48.7 Å². The number of aromatic hydroxyl groups is 1. The highest BCUT2D eigenvalue weighted by Crippen LogP contribution is 2.38. The van der Waals surface area contributed by atoms with Crippen LogP contribution in [-0.4, -0.2) is 38.3 Å². The minimum atomic E-state index is -1.48. The molecule has 1 unspecified atom stereocenters. The molecule has 6 N–H and O–H groups in total. The van der Waals surface area contributed by atoms with E-state index in [4.69, 9.17) is 10.8 Å². The van der Waals surface area contributed by atoms with Crippen LogP contribution in [0.15, 0.2) is 48.5 Å². The van der Waals surface area contributed by atoms with Crippen molar-refractivity contribution in [2.24, 2.45) is 0 Å². The van der Waals surface area contributed by atoms with Gasteiger partial charge in [-0.2, -0.15) is 5.26 Å². The third kappa shape index (κ3) is 5.08. The Morgan fingerprint density at radius 3 is 2.61 bits per heavy atom. The van der Waals surface area contributed by atoms with Crippen LogP contribution in [0.5, 0.6) is 5.75 Å². The summed E-state index contributed by atoms with van der Waals surface area (Å²) in [6.07, 6.45) is -2.04. The Balaban J connectivity index is 2.03. The molecule has 2 aromatic carbocycles. The number of rotatable bonds is 7. The van der Waals surface area contributed by atoms with E-state index in [1.807, 2.05) is 0 Å². The van der Waals surface area contributed by atoms with E-state index in [2.05, 4.69) is 16.4 Å². The zero-order valence-electron chi connectivity index (χ0n) is 17.7. The van der Waals surface area contributed by atoms with Crippen molar-refractivity contribution >= 4 is 23.4 Å². The molecule has 0 radical (unpaired) electrons. The van der Waals surface area contributed by atoms with Gasteiger partial charge in [0.05, 0.1) is 5.69 Å². The lowest BCUT2D eigenvalue weighted by molar-refractivity contribution is -0.138.